The molecule has 2 aromatic rings. The van der Waals surface area contributed by atoms with Gasteiger partial charge >= 0.3 is 12.0 Å². The molecule has 7 nitrogen and oxygen atoms in total. The summed E-state index contributed by atoms with van der Waals surface area (Å²) in [6.45, 7) is 0. The summed E-state index contributed by atoms with van der Waals surface area (Å²) in [4.78, 5) is 22.0. The number of halogens is 1. The number of anilines is 3. The summed E-state index contributed by atoms with van der Waals surface area (Å²) in [6.07, 6.45) is 1.49. The first-order chi connectivity index (χ1) is 10.5. The van der Waals surface area contributed by atoms with Gasteiger partial charge in [0, 0.05) is 24.8 Å². The van der Waals surface area contributed by atoms with Crippen LogP contribution in [-0.4, -0.2) is 37.2 Å². The predicted octanol–water partition coefficient (Wildman–Crippen LogP) is 2.85. The van der Waals surface area contributed by atoms with E-state index in [1.54, 1.807) is 29.2 Å². The largest absolute Gasteiger partial charge is 0.467 e. The number of benzene rings is 1. The van der Waals surface area contributed by atoms with E-state index in [0.717, 1.165) is 0 Å². The van der Waals surface area contributed by atoms with Gasteiger partial charge in [0.15, 0.2) is 5.82 Å². The van der Waals surface area contributed by atoms with Gasteiger partial charge in [-0.05, 0) is 24.3 Å². The van der Waals surface area contributed by atoms with Gasteiger partial charge in [-0.25, -0.2) is 9.78 Å². The summed E-state index contributed by atoms with van der Waals surface area (Å²) >= 11 is 5.80. The van der Waals surface area contributed by atoms with Crippen LogP contribution in [0.4, 0.5) is 22.0 Å². The van der Waals surface area contributed by atoms with E-state index in [0.29, 0.717) is 22.2 Å². The summed E-state index contributed by atoms with van der Waals surface area (Å²) in [7, 11) is 5.10. The highest BCUT2D eigenvalue weighted by Gasteiger charge is 2.12. The fraction of sp³-hybridized carbons (Fsp3) is 0.214. The highest BCUT2D eigenvalue weighted by Crippen LogP contribution is 2.23. The Labute approximate surface area is 133 Å². The average molecular weight is 322 g/mol. The van der Waals surface area contributed by atoms with Crippen LogP contribution in [0.25, 0.3) is 0 Å². The van der Waals surface area contributed by atoms with Gasteiger partial charge in [-0.1, -0.05) is 11.6 Å². The quantitative estimate of drug-likeness (QED) is 0.905. The van der Waals surface area contributed by atoms with Crippen molar-refractivity contribution >= 4 is 34.8 Å². The first kappa shape index (κ1) is 15.8. The van der Waals surface area contributed by atoms with E-state index in [1.165, 1.54) is 13.3 Å². The van der Waals surface area contributed by atoms with Crippen LogP contribution in [0, 0.1) is 0 Å². The van der Waals surface area contributed by atoms with Crippen molar-refractivity contribution in [3.05, 3.63) is 35.5 Å². The van der Waals surface area contributed by atoms with Crippen molar-refractivity contribution in [3.63, 3.8) is 0 Å². The summed E-state index contributed by atoms with van der Waals surface area (Å²) < 4.78 is 4.98. The lowest BCUT2D eigenvalue weighted by Crippen LogP contribution is -2.22. The highest BCUT2D eigenvalue weighted by molar-refractivity contribution is 6.30. The fourth-order valence-electron chi connectivity index (χ4n) is 1.70. The Morgan fingerprint density at radius 1 is 1.23 bits per heavy atom. The summed E-state index contributed by atoms with van der Waals surface area (Å²) in [5.74, 6) is 0.540. The van der Waals surface area contributed by atoms with E-state index < -0.39 is 6.03 Å². The summed E-state index contributed by atoms with van der Waals surface area (Å²) in [5, 5.41) is 6.00. The molecule has 0 bridgehead atoms. The van der Waals surface area contributed by atoms with Gasteiger partial charge in [0.25, 0.3) is 0 Å². The molecule has 2 N–H and O–H groups in total. The lowest BCUT2D eigenvalue weighted by molar-refractivity contribution is 0.262. The minimum absolute atomic E-state index is 0.229. The zero-order valence-corrected chi connectivity index (χ0v) is 13.2. The van der Waals surface area contributed by atoms with Crippen molar-refractivity contribution in [2.45, 2.75) is 0 Å². The van der Waals surface area contributed by atoms with Gasteiger partial charge in [0.1, 0.15) is 5.69 Å². The van der Waals surface area contributed by atoms with Gasteiger partial charge in [-0.15, -0.1) is 0 Å². The number of hydrogen-bond donors (Lipinski definition) is 2. The number of nitrogens with zero attached hydrogens (tertiary/aromatic N) is 3. The normalized spacial score (nSPS) is 10.0. The number of carbonyl (C=O) groups excluding carboxylic acids is 1. The van der Waals surface area contributed by atoms with Gasteiger partial charge in [-0.3, -0.25) is 0 Å². The van der Waals surface area contributed by atoms with Crippen LogP contribution >= 0.6 is 11.6 Å². The molecule has 1 aromatic carbocycles. The molecule has 22 heavy (non-hydrogen) atoms. The molecule has 0 aliphatic rings. The van der Waals surface area contributed by atoms with Crippen molar-refractivity contribution in [2.24, 2.45) is 0 Å². The summed E-state index contributed by atoms with van der Waals surface area (Å²) in [6, 6.07) is 6.63. The number of hydrogen-bond acceptors (Lipinski definition) is 5. The second-order valence-corrected chi connectivity index (χ2v) is 5.01. The van der Waals surface area contributed by atoms with E-state index >= 15 is 0 Å². The molecule has 0 saturated carbocycles. The second-order valence-electron chi connectivity index (χ2n) is 4.57. The van der Waals surface area contributed by atoms with E-state index in [-0.39, 0.29) is 6.01 Å². The number of amides is 2. The molecule has 0 unspecified atom stereocenters. The SMILES string of the molecule is COc1ncc(NC(=O)Nc2ccc(Cl)cc2)c(N(C)C)n1. The van der Waals surface area contributed by atoms with E-state index in [2.05, 4.69) is 20.6 Å². The Bertz CT molecular complexity index is 661. The average Bonchev–Trinajstić information content (AvgIpc) is 2.49. The van der Waals surface area contributed by atoms with Crippen molar-refractivity contribution < 1.29 is 9.53 Å². The summed E-state index contributed by atoms with van der Waals surface area (Å²) in [5.41, 5.74) is 1.10. The Kier molecular flexibility index (Phi) is 5.00. The molecule has 0 fully saturated rings. The van der Waals surface area contributed by atoms with Gasteiger partial charge in [0.2, 0.25) is 0 Å². The number of ether oxygens (including phenoxy) is 1. The van der Waals surface area contributed by atoms with Crippen LogP contribution in [0.3, 0.4) is 0 Å². The standard InChI is InChI=1S/C14H16ClN5O2/c1-20(2)12-11(8-16-14(19-12)22-3)18-13(21)17-10-6-4-9(15)5-7-10/h4-8H,1-3H3,(H2,17,18,21). The van der Waals surface area contributed by atoms with Crippen LogP contribution in [0.1, 0.15) is 0 Å². The number of carbonyl (C=O) groups is 1. The first-order valence-corrected chi connectivity index (χ1v) is 6.79. The number of aromatic nitrogens is 2. The maximum absolute atomic E-state index is 12.0. The molecule has 0 aliphatic carbocycles. The Morgan fingerprint density at radius 3 is 2.50 bits per heavy atom. The molecular weight excluding hydrogens is 306 g/mol. The Morgan fingerprint density at radius 2 is 1.91 bits per heavy atom. The maximum Gasteiger partial charge on any atom is 0.323 e. The first-order valence-electron chi connectivity index (χ1n) is 6.41. The van der Waals surface area contributed by atoms with E-state index in [1.807, 2.05) is 14.1 Å². The minimum atomic E-state index is -0.404. The molecule has 8 heteroatoms. The number of urea groups is 1. The van der Waals surface area contributed by atoms with Crippen molar-refractivity contribution in [1.82, 2.24) is 9.97 Å². The topological polar surface area (TPSA) is 79.4 Å². The Balaban J connectivity index is 2.12. The minimum Gasteiger partial charge on any atom is -0.467 e. The lowest BCUT2D eigenvalue weighted by atomic mass is 10.3. The van der Waals surface area contributed by atoms with E-state index in [4.69, 9.17) is 16.3 Å². The Hall–Kier alpha value is -2.54. The number of rotatable bonds is 4. The van der Waals surface area contributed by atoms with Crippen LogP contribution in [0.15, 0.2) is 30.5 Å². The number of methoxy groups -OCH3 is 1. The van der Waals surface area contributed by atoms with E-state index in [9.17, 15) is 4.79 Å². The monoisotopic (exact) mass is 321 g/mol. The molecule has 0 radical (unpaired) electrons. The number of nitrogens with one attached hydrogen (secondary N) is 2. The van der Waals surface area contributed by atoms with Crippen molar-refractivity contribution in [3.8, 4) is 6.01 Å². The molecule has 0 aliphatic heterocycles. The molecular formula is C14H16ClN5O2. The molecule has 1 aromatic heterocycles. The third kappa shape index (κ3) is 3.98. The van der Waals surface area contributed by atoms with Crippen LogP contribution in [0.5, 0.6) is 6.01 Å². The van der Waals surface area contributed by atoms with Gasteiger partial charge in [0.05, 0.1) is 13.3 Å². The zero-order valence-electron chi connectivity index (χ0n) is 12.4. The van der Waals surface area contributed by atoms with Crippen LogP contribution in [0.2, 0.25) is 5.02 Å². The third-order valence-electron chi connectivity index (χ3n) is 2.70. The molecule has 1 heterocycles. The van der Waals surface area contributed by atoms with Gasteiger partial charge < -0.3 is 20.3 Å². The zero-order chi connectivity index (χ0) is 16.1. The van der Waals surface area contributed by atoms with Crippen LogP contribution in [-0.2, 0) is 0 Å². The smallest absolute Gasteiger partial charge is 0.323 e. The molecule has 0 saturated heterocycles. The van der Waals surface area contributed by atoms with Crippen molar-refractivity contribution in [2.75, 3.05) is 36.7 Å². The van der Waals surface area contributed by atoms with Crippen molar-refractivity contribution in [1.29, 1.82) is 0 Å². The lowest BCUT2D eigenvalue weighted by Gasteiger charge is -2.17. The maximum atomic E-state index is 12.0. The molecule has 2 amide bonds. The fourth-order valence-corrected chi connectivity index (χ4v) is 1.83. The third-order valence-corrected chi connectivity index (χ3v) is 2.95. The highest BCUT2D eigenvalue weighted by atomic mass is 35.5. The molecule has 0 atom stereocenters. The second kappa shape index (κ2) is 6.95. The molecule has 0 spiro atoms. The van der Waals surface area contributed by atoms with Crippen LogP contribution < -0.4 is 20.3 Å². The molecule has 116 valence electrons. The van der Waals surface area contributed by atoms with Gasteiger partial charge in [-0.2, -0.15) is 4.98 Å². The molecule has 2 rings (SSSR count). The predicted molar refractivity (Wildman–Crippen MR) is 87.0 cm³/mol.